The van der Waals surface area contributed by atoms with Crippen LogP contribution in [0.15, 0.2) is 30.3 Å². The molecule has 0 aliphatic rings. The minimum absolute atomic E-state index is 0.0238. The quantitative estimate of drug-likeness (QED) is 0.905. The van der Waals surface area contributed by atoms with Crippen molar-refractivity contribution in [1.29, 1.82) is 0 Å². The van der Waals surface area contributed by atoms with Crippen LogP contribution in [0, 0.1) is 17.5 Å². The minimum atomic E-state index is -0.802. The van der Waals surface area contributed by atoms with E-state index in [1.165, 1.54) is 19.2 Å². The lowest BCUT2D eigenvalue weighted by Crippen LogP contribution is -2.03. The summed E-state index contributed by atoms with van der Waals surface area (Å²) in [6.07, 6.45) is 0. The summed E-state index contributed by atoms with van der Waals surface area (Å²) in [5.41, 5.74) is 0.549. The van der Waals surface area contributed by atoms with Crippen LogP contribution in [0.3, 0.4) is 0 Å². The molecule has 0 aliphatic carbocycles. The molecule has 0 saturated carbocycles. The maximum absolute atomic E-state index is 13.5. The molecule has 2 aromatic carbocycles. The number of nitrogens with one attached hydrogen (secondary N) is 1. The van der Waals surface area contributed by atoms with Gasteiger partial charge >= 0.3 is 0 Å². The first kappa shape index (κ1) is 14.5. The molecule has 0 spiro atoms. The number of halogens is 4. The van der Waals surface area contributed by atoms with Crippen molar-refractivity contribution in [1.82, 2.24) is 0 Å². The van der Waals surface area contributed by atoms with Gasteiger partial charge in [0.15, 0.2) is 17.4 Å². The Bertz CT molecular complexity index is 611. The highest BCUT2D eigenvalue weighted by Crippen LogP contribution is 2.27. The van der Waals surface area contributed by atoms with Gasteiger partial charge in [-0.3, -0.25) is 0 Å². The van der Waals surface area contributed by atoms with Crippen LogP contribution in [-0.2, 0) is 6.54 Å². The molecule has 6 heteroatoms. The second kappa shape index (κ2) is 6.05. The monoisotopic (exact) mass is 301 g/mol. The molecule has 0 bridgehead atoms. The lowest BCUT2D eigenvalue weighted by molar-refractivity contribution is 0.386. The van der Waals surface area contributed by atoms with Gasteiger partial charge in [0.25, 0.3) is 0 Å². The standard InChI is InChI=1S/C14H11ClF3NO/c1-20-13-3-2-8(4-11(13)17)7-19-14-10(15)5-9(16)6-12(14)18/h2-6,19H,7H2,1H3. The fourth-order valence-electron chi connectivity index (χ4n) is 1.72. The van der Waals surface area contributed by atoms with E-state index in [2.05, 4.69) is 5.32 Å². The van der Waals surface area contributed by atoms with Gasteiger partial charge in [-0.1, -0.05) is 17.7 Å². The molecule has 20 heavy (non-hydrogen) atoms. The molecule has 2 nitrogen and oxygen atoms in total. The Morgan fingerprint density at radius 1 is 1.10 bits per heavy atom. The van der Waals surface area contributed by atoms with Crippen LogP contribution in [0.25, 0.3) is 0 Å². The lowest BCUT2D eigenvalue weighted by Gasteiger charge is -2.10. The summed E-state index contributed by atoms with van der Waals surface area (Å²) in [6, 6.07) is 6.09. The van der Waals surface area contributed by atoms with Gasteiger partial charge in [-0.05, 0) is 23.8 Å². The van der Waals surface area contributed by atoms with Crippen LogP contribution in [-0.4, -0.2) is 7.11 Å². The average Bonchev–Trinajstić information content (AvgIpc) is 2.37. The van der Waals surface area contributed by atoms with E-state index in [9.17, 15) is 13.2 Å². The van der Waals surface area contributed by atoms with Gasteiger partial charge in [0.2, 0.25) is 0 Å². The molecule has 2 rings (SSSR count). The zero-order valence-electron chi connectivity index (χ0n) is 10.5. The Morgan fingerprint density at radius 2 is 1.85 bits per heavy atom. The summed E-state index contributed by atoms with van der Waals surface area (Å²) in [7, 11) is 1.37. The molecule has 1 N–H and O–H groups in total. The van der Waals surface area contributed by atoms with Crippen molar-refractivity contribution in [2.45, 2.75) is 6.54 Å². The van der Waals surface area contributed by atoms with Crippen molar-refractivity contribution < 1.29 is 17.9 Å². The first-order valence-corrected chi connectivity index (χ1v) is 6.10. The van der Waals surface area contributed by atoms with Gasteiger partial charge in [0, 0.05) is 12.6 Å². The number of hydrogen-bond donors (Lipinski definition) is 1. The van der Waals surface area contributed by atoms with Crippen LogP contribution in [0.4, 0.5) is 18.9 Å². The first-order chi connectivity index (χ1) is 9.51. The Kier molecular flexibility index (Phi) is 4.39. The van der Waals surface area contributed by atoms with Crippen molar-refractivity contribution >= 4 is 17.3 Å². The van der Waals surface area contributed by atoms with Gasteiger partial charge in [-0.25, -0.2) is 13.2 Å². The van der Waals surface area contributed by atoms with Crippen molar-refractivity contribution in [2.24, 2.45) is 0 Å². The fraction of sp³-hybridized carbons (Fsp3) is 0.143. The van der Waals surface area contributed by atoms with Gasteiger partial charge < -0.3 is 10.1 Å². The summed E-state index contributed by atoms with van der Waals surface area (Å²) >= 11 is 5.74. The van der Waals surface area contributed by atoms with Crippen LogP contribution >= 0.6 is 11.6 Å². The van der Waals surface area contributed by atoms with Gasteiger partial charge in [-0.15, -0.1) is 0 Å². The normalized spacial score (nSPS) is 10.4. The average molecular weight is 302 g/mol. The molecule has 0 unspecified atom stereocenters. The van der Waals surface area contributed by atoms with Crippen molar-refractivity contribution in [2.75, 3.05) is 12.4 Å². The van der Waals surface area contributed by atoms with Crippen LogP contribution in [0.5, 0.6) is 5.75 Å². The highest BCUT2D eigenvalue weighted by Gasteiger charge is 2.10. The summed E-state index contributed by atoms with van der Waals surface area (Å²) in [5, 5.41) is 2.64. The molecule has 0 saturated heterocycles. The smallest absolute Gasteiger partial charge is 0.165 e. The Hall–Kier alpha value is -1.88. The van der Waals surface area contributed by atoms with E-state index in [0.717, 1.165) is 12.1 Å². The lowest BCUT2D eigenvalue weighted by atomic mass is 10.2. The Labute approximate surface area is 119 Å². The number of methoxy groups -OCH3 is 1. The minimum Gasteiger partial charge on any atom is -0.494 e. The van der Waals surface area contributed by atoms with E-state index in [-0.39, 0.29) is 23.0 Å². The van der Waals surface area contributed by atoms with Crippen LogP contribution in [0.2, 0.25) is 5.02 Å². The van der Waals surface area contributed by atoms with Crippen molar-refractivity contribution in [3.63, 3.8) is 0 Å². The highest BCUT2D eigenvalue weighted by molar-refractivity contribution is 6.33. The van der Waals surface area contributed by atoms with Crippen LogP contribution < -0.4 is 10.1 Å². The molecule has 0 atom stereocenters. The summed E-state index contributed by atoms with van der Waals surface area (Å²) in [4.78, 5) is 0. The predicted molar refractivity (Wildman–Crippen MR) is 71.6 cm³/mol. The molecule has 2 aromatic rings. The summed E-state index contributed by atoms with van der Waals surface area (Å²) in [6.45, 7) is 0.142. The number of rotatable bonds is 4. The number of hydrogen-bond acceptors (Lipinski definition) is 2. The van der Waals surface area contributed by atoms with Crippen molar-refractivity contribution in [3.05, 3.63) is 58.4 Å². The Morgan fingerprint density at radius 3 is 2.45 bits per heavy atom. The number of ether oxygens (including phenoxy) is 1. The van der Waals surface area contributed by atoms with Gasteiger partial charge in [0.05, 0.1) is 17.8 Å². The molecule has 0 fully saturated rings. The van der Waals surface area contributed by atoms with Gasteiger partial charge in [-0.2, -0.15) is 0 Å². The molecular formula is C14H11ClF3NO. The highest BCUT2D eigenvalue weighted by atomic mass is 35.5. The van der Waals surface area contributed by atoms with Crippen LogP contribution in [0.1, 0.15) is 5.56 Å². The van der Waals surface area contributed by atoms with E-state index in [4.69, 9.17) is 16.3 Å². The van der Waals surface area contributed by atoms with E-state index in [0.29, 0.717) is 5.56 Å². The van der Waals surface area contributed by atoms with Crippen molar-refractivity contribution in [3.8, 4) is 5.75 Å². The molecule has 0 heterocycles. The van der Waals surface area contributed by atoms with E-state index in [1.807, 2.05) is 0 Å². The first-order valence-electron chi connectivity index (χ1n) is 5.72. The summed E-state index contributed by atoms with van der Waals surface area (Å²) < 4.78 is 44.7. The van der Waals surface area contributed by atoms with Gasteiger partial charge in [0.1, 0.15) is 5.82 Å². The molecule has 0 aliphatic heterocycles. The van der Waals surface area contributed by atoms with E-state index < -0.39 is 17.5 Å². The molecule has 0 radical (unpaired) electrons. The molecule has 0 aromatic heterocycles. The largest absolute Gasteiger partial charge is 0.494 e. The predicted octanol–water partition coefficient (Wildman–Crippen LogP) is 4.38. The molecular weight excluding hydrogens is 291 g/mol. The van der Waals surface area contributed by atoms with E-state index in [1.54, 1.807) is 6.07 Å². The zero-order chi connectivity index (χ0) is 14.7. The SMILES string of the molecule is COc1ccc(CNc2c(F)cc(F)cc2Cl)cc1F. The third kappa shape index (κ3) is 3.17. The van der Waals surface area contributed by atoms with E-state index >= 15 is 0 Å². The third-order valence-electron chi connectivity index (χ3n) is 2.69. The number of anilines is 1. The maximum Gasteiger partial charge on any atom is 0.165 e. The topological polar surface area (TPSA) is 21.3 Å². The maximum atomic E-state index is 13.5. The second-order valence-electron chi connectivity index (χ2n) is 4.07. The Balaban J connectivity index is 2.15. The summed E-state index contributed by atoms with van der Waals surface area (Å²) in [5.74, 6) is -1.95. The third-order valence-corrected chi connectivity index (χ3v) is 2.99. The second-order valence-corrected chi connectivity index (χ2v) is 4.47. The molecule has 106 valence electrons. The zero-order valence-corrected chi connectivity index (χ0v) is 11.3. The molecule has 0 amide bonds. The fourth-order valence-corrected chi connectivity index (χ4v) is 1.98. The number of benzene rings is 2.